The second kappa shape index (κ2) is 56.1. The van der Waals surface area contributed by atoms with Crippen LogP contribution in [0.3, 0.4) is 0 Å². The lowest BCUT2D eigenvalue weighted by Crippen LogP contribution is -2.38. The van der Waals surface area contributed by atoms with Crippen molar-refractivity contribution >= 4 is 55.2 Å². The first-order chi connectivity index (χ1) is 62.1. The number of rotatable bonds is 18. The first-order valence-electron chi connectivity index (χ1n) is 44.0. The van der Waals surface area contributed by atoms with Gasteiger partial charge in [0.15, 0.2) is 11.6 Å². The first kappa shape index (κ1) is 108. The molecular formula is C95H137ClN18O18S. The number of benzene rings is 2. The highest BCUT2D eigenvalue weighted by atomic mass is 35.5. The number of nitrogens with zero attached hydrogens (tertiary/aromatic N) is 18. The Morgan fingerprint density at radius 1 is 0.316 bits per heavy atom. The van der Waals surface area contributed by atoms with Gasteiger partial charge >= 0.3 is 30.1 Å². The molecule has 4 aliphatic heterocycles. The van der Waals surface area contributed by atoms with E-state index in [0.717, 1.165) is 258 Å². The van der Waals surface area contributed by atoms with Gasteiger partial charge in [-0.1, -0.05) is 44.6 Å². The van der Waals surface area contributed by atoms with Crippen LogP contribution >= 0.6 is 11.6 Å². The largest absolute Gasteiger partial charge is 0.488 e. The van der Waals surface area contributed by atoms with Crippen molar-refractivity contribution in [2.45, 2.75) is 271 Å². The molecule has 728 valence electrons. The molecule has 6 aliphatic carbocycles. The summed E-state index contributed by atoms with van der Waals surface area (Å²) >= 11 is 5.32. The number of hydrogen-bond donors (Lipinski definition) is 2. The second-order valence-electron chi connectivity index (χ2n) is 32.0. The third kappa shape index (κ3) is 35.1. The molecule has 0 amide bonds. The molecule has 2 aromatic carbocycles. The number of hydrogen-bond acceptors (Lipinski definition) is 36. The third-order valence-corrected chi connectivity index (χ3v) is 23.7. The third-order valence-electron chi connectivity index (χ3n) is 22.8. The molecule has 0 radical (unpaired) electrons. The van der Waals surface area contributed by atoms with E-state index in [2.05, 4.69) is 114 Å². The van der Waals surface area contributed by atoms with Crippen LogP contribution in [0.2, 0.25) is 5.28 Å². The van der Waals surface area contributed by atoms with Gasteiger partial charge in [0.25, 0.3) is 10.1 Å². The minimum atomic E-state index is -3.37. The van der Waals surface area contributed by atoms with Crippen molar-refractivity contribution in [1.29, 1.82) is 0 Å². The van der Waals surface area contributed by atoms with E-state index in [1.807, 2.05) is 0 Å². The lowest BCUT2D eigenvalue weighted by atomic mass is 9.92. The molecule has 8 aromatic heterocycles. The van der Waals surface area contributed by atoms with Gasteiger partial charge in [0, 0.05) is 175 Å². The van der Waals surface area contributed by atoms with Crippen LogP contribution in [0.1, 0.15) is 199 Å². The highest BCUT2D eigenvalue weighted by molar-refractivity contribution is 7.86. The predicted octanol–water partition coefficient (Wildman–Crippen LogP) is 15.5. The number of anilines is 2. The Labute approximate surface area is 788 Å². The Bertz CT molecular complexity index is 4760. The maximum Gasteiger partial charge on any atom is 0.316 e. The summed E-state index contributed by atoms with van der Waals surface area (Å²) in [4.78, 5) is 70.7. The molecule has 38 heteroatoms. The van der Waals surface area contributed by atoms with Crippen molar-refractivity contribution in [2.24, 2.45) is 0 Å². The quantitative estimate of drug-likeness (QED) is 0.0595. The molecule has 6 saturated carbocycles. The van der Waals surface area contributed by atoms with E-state index in [1.165, 1.54) is 0 Å². The van der Waals surface area contributed by atoms with E-state index in [9.17, 15) is 18.6 Å². The fourth-order valence-corrected chi connectivity index (χ4v) is 17.1. The van der Waals surface area contributed by atoms with Crippen LogP contribution in [0.5, 0.6) is 41.6 Å². The average molecular weight is 1890 g/mol. The maximum absolute atomic E-state index is 11.0. The fraction of sp³-hybridized carbons (Fsp3) is 0.579. The number of morpholine rings is 2. The fourth-order valence-electron chi connectivity index (χ4n) is 16.3. The van der Waals surface area contributed by atoms with E-state index in [0.29, 0.717) is 61.4 Å². The summed E-state index contributed by atoms with van der Waals surface area (Å²) in [6, 6.07) is 21.1. The van der Waals surface area contributed by atoms with Crippen LogP contribution < -0.4 is 43.0 Å². The standard InChI is InChI=1S/2C22H25N5O3.C12H16N2O3.C11H16N2O4S.C10H14N2O2.C8H14O3.C4H3ClN2.6CH4/c2*1-6-25-22(26-7-1)30-18-4-2-17(3-5-18)29-20-15-16(27-10-12-28-13-11-27)14-19-21(20)24-9-8-23-19;1-6-13-11(14-7-1)17-10-2-4-12(5-3-10)15-8-9-16-12;1-18(14,15)17-10-5-3-9(4-6-10)16-11-12-7-2-8-13-11;13-8-2-4-9(5-3-8)14-10-11-6-1-7-12-10;9-7-1-3-8(4-2-7)10-5-6-11-8;5-4-6-2-1-3-7-4;;;;;;/h2*1,6-9,14-15,17-18H,2-5,10-13H2;1,6-7,10H,2-5,8-9H2;2,7-10H,3-6H2,1H3;1,6-9,13H,2-5H2;7,9H,1-6H2;1-3H;6*1H4. The lowest BCUT2D eigenvalue weighted by molar-refractivity contribution is -0.187. The zero-order valence-electron chi connectivity index (χ0n) is 71.5. The summed E-state index contributed by atoms with van der Waals surface area (Å²) < 4.78 is 102. The van der Waals surface area contributed by atoms with Gasteiger partial charge in [-0.25, -0.2) is 69.8 Å². The SMILES string of the molecule is C.C.C.C.C.C.CS(=O)(=O)OC1CCC(Oc2ncccn2)CC1.Clc1ncccn1.OC1CCC(Oc2ncccn2)CC1.OC1CCC2(CC1)OCCO2.c1cnc(OC2CCC(Oc3cc(N4CCOCC4)cc4nccnc34)CC2)nc1.c1cnc(OC2CCC(Oc3cc(N4CCOCC4)cc4nccnc34)CC2)nc1.c1cnc(OC2CCC3(CC2)OCCO3)nc1. The van der Waals surface area contributed by atoms with Gasteiger partial charge in [0.05, 0.1) is 101 Å². The van der Waals surface area contributed by atoms with Crippen LogP contribution in [0.15, 0.2) is 160 Å². The van der Waals surface area contributed by atoms with Crippen LogP contribution in [-0.2, 0) is 42.7 Å². The van der Waals surface area contributed by atoms with E-state index in [-0.39, 0.29) is 117 Å². The van der Waals surface area contributed by atoms with Crippen molar-refractivity contribution in [3.63, 3.8) is 0 Å². The minimum absolute atomic E-state index is 0. The Balaban J connectivity index is 0.000000197. The van der Waals surface area contributed by atoms with E-state index < -0.39 is 10.1 Å². The zero-order chi connectivity index (χ0) is 87.6. The molecular weight excluding hydrogens is 1750 g/mol. The van der Waals surface area contributed by atoms with Crippen LogP contribution in [0, 0.1) is 0 Å². The van der Waals surface area contributed by atoms with Gasteiger partial charge in [0.1, 0.15) is 53.1 Å². The van der Waals surface area contributed by atoms with Gasteiger partial charge < -0.3 is 81.6 Å². The molecule has 20 rings (SSSR count). The molecule has 0 bridgehead atoms. The summed E-state index contributed by atoms with van der Waals surface area (Å²) in [5.41, 5.74) is 5.56. The number of ether oxygens (including phenoxy) is 13. The molecule has 10 fully saturated rings. The van der Waals surface area contributed by atoms with Crippen LogP contribution in [0.4, 0.5) is 11.4 Å². The Hall–Kier alpha value is -10.3. The highest BCUT2D eigenvalue weighted by Gasteiger charge is 2.42. The molecule has 10 aliphatic rings. The molecule has 4 saturated heterocycles. The molecule has 12 heterocycles. The van der Waals surface area contributed by atoms with Gasteiger partial charge in [0.2, 0.25) is 5.28 Å². The Morgan fingerprint density at radius 2 is 0.571 bits per heavy atom. The molecule has 10 aromatic rings. The highest BCUT2D eigenvalue weighted by Crippen LogP contribution is 2.40. The average Bonchev–Trinajstić information content (AvgIpc) is 1.76. The van der Waals surface area contributed by atoms with Gasteiger partial charge in [-0.3, -0.25) is 14.2 Å². The first-order valence-corrected chi connectivity index (χ1v) is 46.2. The van der Waals surface area contributed by atoms with Crippen molar-refractivity contribution in [1.82, 2.24) is 79.7 Å². The van der Waals surface area contributed by atoms with E-state index in [1.54, 1.807) is 136 Å². The number of halogens is 1. The molecule has 2 N–H and O–H groups in total. The van der Waals surface area contributed by atoms with E-state index in [4.69, 9.17) is 77.4 Å². The monoisotopic (exact) mass is 1880 g/mol. The Kier molecular flexibility index (Phi) is 45.6. The normalized spacial score (nSPS) is 22.7. The van der Waals surface area contributed by atoms with E-state index >= 15 is 0 Å². The number of aliphatic hydroxyl groups excluding tert-OH is 2. The summed E-state index contributed by atoms with van der Waals surface area (Å²) in [5, 5.41) is 18.8. The molecule has 2 spiro atoms. The summed E-state index contributed by atoms with van der Waals surface area (Å²) in [5.74, 6) is 0.979. The topological polar surface area (TPSA) is 417 Å². The zero-order valence-corrected chi connectivity index (χ0v) is 73.1. The summed E-state index contributed by atoms with van der Waals surface area (Å²) in [6.07, 6.45) is 48.9. The van der Waals surface area contributed by atoms with Crippen molar-refractivity contribution in [3.8, 4) is 41.6 Å². The maximum atomic E-state index is 11.0. The summed E-state index contributed by atoms with van der Waals surface area (Å²) in [6.45, 7) is 9.31. The molecule has 0 unspecified atom stereocenters. The smallest absolute Gasteiger partial charge is 0.316 e. The number of aromatic nitrogens is 16. The van der Waals surface area contributed by atoms with Crippen molar-refractivity contribution in [3.05, 3.63) is 165 Å². The Morgan fingerprint density at radius 3 is 0.865 bits per heavy atom. The lowest BCUT2D eigenvalue weighted by Gasteiger charge is -2.34. The van der Waals surface area contributed by atoms with Crippen LogP contribution in [0.25, 0.3) is 22.1 Å². The second-order valence-corrected chi connectivity index (χ2v) is 33.9. The van der Waals surface area contributed by atoms with Gasteiger partial charge in [-0.05, 0) is 189 Å². The minimum Gasteiger partial charge on any atom is -0.488 e. The molecule has 133 heavy (non-hydrogen) atoms. The van der Waals surface area contributed by atoms with Crippen molar-refractivity contribution in [2.75, 3.05) is 95.1 Å². The van der Waals surface area contributed by atoms with Crippen molar-refractivity contribution < 1.29 is 84.4 Å². The predicted molar refractivity (Wildman–Crippen MR) is 505 cm³/mol. The van der Waals surface area contributed by atoms with Gasteiger partial charge in [-0.15, -0.1) is 0 Å². The summed E-state index contributed by atoms with van der Waals surface area (Å²) in [7, 11) is -3.37. The van der Waals surface area contributed by atoms with Gasteiger partial charge in [-0.2, -0.15) is 8.42 Å². The number of fused-ring (bicyclic) bond motifs is 2. The molecule has 36 nitrogen and oxygen atoms in total. The molecule has 0 atom stereocenters. The van der Waals surface area contributed by atoms with Crippen LogP contribution in [-0.4, -0.2) is 256 Å². The number of aliphatic hydroxyl groups is 2.